The van der Waals surface area contributed by atoms with Gasteiger partial charge in [0.2, 0.25) is 17.7 Å². The molecule has 312 valence electrons. The van der Waals surface area contributed by atoms with Crippen LogP contribution in [0.15, 0.2) is 54.7 Å². The van der Waals surface area contributed by atoms with Crippen LogP contribution in [0, 0.1) is 17.2 Å². The molecule has 0 bridgehead atoms. The van der Waals surface area contributed by atoms with Crippen LogP contribution < -0.4 is 30.5 Å². The van der Waals surface area contributed by atoms with Crippen molar-refractivity contribution < 1.29 is 37.1 Å². The van der Waals surface area contributed by atoms with Crippen LogP contribution in [0.1, 0.15) is 82.0 Å². The Bertz CT molecular complexity index is 2150. The summed E-state index contributed by atoms with van der Waals surface area (Å²) in [4.78, 5) is 59.9. The summed E-state index contributed by atoms with van der Waals surface area (Å²) < 4.78 is 47.8. The highest BCUT2D eigenvalue weighted by Crippen LogP contribution is 2.51. The summed E-state index contributed by atoms with van der Waals surface area (Å²) in [5, 5.41) is 17.7. The number of ether oxygens (including phenoxy) is 1. The molecule has 17 heteroatoms. The molecule has 4 heterocycles. The van der Waals surface area contributed by atoms with E-state index in [1.165, 1.54) is 11.0 Å². The molecule has 3 aromatic rings. The Balaban J connectivity index is 0.921. The normalized spacial score (nSPS) is 21.5. The Labute approximate surface area is 346 Å². The number of alkyl halides is 3. The number of carbonyl (C=O) groups excluding carboxylic acids is 4. The molecule has 7 rings (SSSR count). The number of benzene rings is 2. The van der Waals surface area contributed by atoms with Crippen molar-refractivity contribution in [2.24, 2.45) is 5.92 Å². The Morgan fingerprint density at radius 2 is 1.83 bits per heavy atom. The third kappa shape index (κ3) is 8.56. The molecule has 3 saturated heterocycles. The second kappa shape index (κ2) is 17.1. The van der Waals surface area contributed by atoms with Crippen LogP contribution in [0.3, 0.4) is 0 Å². The quantitative estimate of drug-likeness (QED) is 0.121. The van der Waals surface area contributed by atoms with Gasteiger partial charge in [0, 0.05) is 23.5 Å². The minimum atomic E-state index is -4.82. The highest BCUT2D eigenvalue weighted by molar-refractivity contribution is 7.81. The number of halogens is 3. The summed E-state index contributed by atoms with van der Waals surface area (Å²) in [6.45, 7) is 5.93. The van der Waals surface area contributed by atoms with E-state index in [0.717, 1.165) is 62.3 Å². The number of nitriles is 1. The first kappa shape index (κ1) is 41.8. The summed E-state index contributed by atoms with van der Waals surface area (Å²) in [5.41, 5.74) is -0.976. The van der Waals surface area contributed by atoms with Gasteiger partial charge in [0.25, 0.3) is 5.91 Å². The van der Waals surface area contributed by atoms with Gasteiger partial charge in [-0.1, -0.05) is 13.0 Å². The molecular weight excluding hydrogens is 786 g/mol. The number of hydrogen-bond acceptors (Lipinski definition) is 11. The molecule has 0 unspecified atom stereocenters. The fourth-order valence-corrected chi connectivity index (χ4v) is 9.08. The predicted molar refractivity (Wildman–Crippen MR) is 218 cm³/mol. The maximum Gasteiger partial charge on any atom is 0.419 e. The van der Waals surface area contributed by atoms with Gasteiger partial charge in [0.1, 0.15) is 23.4 Å². The lowest BCUT2D eigenvalue weighted by Gasteiger charge is -2.44. The molecule has 3 N–H and O–H groups in total. The monoisotopic (exact) mass is 832 g/mol. The van der Waals surface area contributed by atoms with Gasteiger partial charge in [-0.3, -0.25) is 34.3 Å². The fourth-order valence-electron chi connectivity index (χ4n) is 8.49. The minimum absolute atomic E-state index is 0.0711. The van der Waals surface area contributed by atoms with Crippen molar-refractivity contribution in [2.45, 2.75) is 101 Å². The molecule has 0 radical (unpaired) electrons. The Hall–Kier alpha value is -5.34. The van der Waals surface area contributed by atoms with E-state index in [4.69, 9.17) is 17.4 Å². The van der Waals surface area contributed by atoms with Gasteiger partial charge in [-0.05, 0) is 125 Å². The Morgan fingerprint density at radius 1 is 1.08 bits per heavy atom. The minimum Gasteiger partial charge on any atom is -0.493 e. The van der Waals surface area contributed by atoms with Gasteiger partial charge < -0.3 is 20.3 Å². The molecule has 1 aliphatic carbocycles. The number of amides is 4. The number of nitrogens with zero attached hydrogens (tertiary/aromatic N) is 5. The number of rotatable bonds is 12. The summed E-state index contributed by atoms with van der Waals surface area (Å²) in [5.74, 6) is 0.0221. The number of hydrogen-bond donors (Lipinski definition) is 4. The topological polar surface area (TPSA) is 160 Å². The molecule has 1 saturated carbocycles. The molecule has 3 atom stereocenters. The zero-order valence-electron chi connectivity index (χ0n) is 32.8. The van der Waals surface area contributed by atoms with Crippen LogP contribution >= 0.6 is 12.6 Å². The van der Waals surface area contributed by atoms with E-state index in [9.17, 15) is 37.6 Å². The zero-order chi connectivity index (χ0) is 42.1. The molecular formula is C42H47F3N8O5S. The summed E-state index contributed by atoms with van der Waals surface area (Å²) in [7, 11) is 0. The maximum absolute atomic E-state index is 14.0. The molecule has 4 aliphatic rings. The van der Waals surface area contributed by atoms with E-state index in [1.54, 1.807) is 18.2 Å². The first-order chi connectivity index (χ1) is 28.2. The lowest BCUT2D eigenvalue weighted by molar-refractivity contribution is -0.138. The zero-order valence-corrected chi connectivity index (χ0v) is 33.7. The van der Waals surface area contributed by atoms with E-state index in [0.29, 0.717) is 55.3 Å². The third-order valence-corrected chi connectivity index (χ3v) is 12.5. The molecule has 59 heavy (non-hydrogen) atoms. The second-order valence-electron chi connectivity index (χ2n) is 15.6. The summed E-state index contributed by atoms with van der Waals surface area (Å²) >= 11 is 4.79. The van der Waals surface area contributed by atoms with Gasteiger partial charge in [0.05, 0.1) is 30.1 Å². The molecule has 13 nitrogen and oxygen atoms in total. The van der Waals surface area contributed by atoms with Gasteiger partial charge in [-0.2, -0.15) is 18.4 Å². The van der Waals surface area contributed by atoms with E-state index >= 15 is 0 Å². The van der Waals surface area contributed by atoms with Crippen molar-refractivity contribution in [1.29, 1.82) is 5.26 Å². The van der Waals surface area contributed by atoms with Crippen LogP contribution in [0.25, 0.3) is 0 Å². The SMILES string of the molecule is CCc1cc(N2[C@@H](S)N(c3cnc(C#N)c(C(F)(F)F)c3)C(=O)C23CCC3)ccc1OCCC1CCN([C@H](C)C(=O)Nc2cccc(N[C@@H]3CCC(=O)NC3=O)c2)CC1. The Kier molecular flexibility index (Phi) is 12.1. The van der Waals surface area contributed by atoms with E-state index in [1.807, 2.05) is 43.0 Å². The van der Waals surface area contributed by atoms with E-state index in [2.05, 4.69) is 25.8 Å². The lowest BCUT2D eigenvalue weighted by atomic mass is 9.75. The molecule has 1 spiro atoms. The highest BCUT2D eigenvalue weighted by atomic mass is 32.1. The fraction of sp³-hybridized carbons (Fsp3) is 0.476. The number of carbonyl (C=O) groups is 4. The number of imide groups is 1. The summed E-state index contributed by atoms with van der Waals surface area (Å²) in [6, 6.07) is 14.3. The number of anilines is 4. The standard InChI is InChI=1S/C42H47F3N8O5S/c1-3-27-20-30(53-40(59)52(39(57)41(53)15-5-16-41)31-22-32(42(43,44)45)34(23-46)47-24-31)8-10-35(27)58-19-14-26-12-17-51(18-13-26)25(2)37(55)49-29-7-4-6-28(21-29)48-33-9-11-36(54)50-38(33)56/h4,6-8,10,20-22,24-26,33,40,48,59H,3,5,9,11-19H2,1-2H3,(H,49,55)(H,50,54,56)/t25-,33-,40+/m1/s1. The van der Waals surface area contributed by atoms with Gasteiger partial charge >= 0.3 is 6.18 Å². The van der Waals surface area contributed by atoms with Gasteiger partial charge in [-0.15, -0.1) is 12.6 Å². The van der Waals surface area contributed by atoms with Crippen LogP contribution in [0.4, 0.5) is 35.9 Å². The molecule has 3 aliphatic heterocycles. The molecule has 4 amide bonds. The number of aryl methyl sites for hydroxylation is 1. The van der Waals surface area contributed by atoms with E-state index in [-0.39, 0.29) is 41.8 Å². The van der Waals surface area contributed by atoms with Crippen molar-refractivity contribution in [3.63, 3.8) is 0 Å². The highest BCUT2D eigenvalue weighted by Gasteiger charge is 2.60. The predicted octanol–water partition coefficient (Wildman–Crippen LogP) is 6.25. The van der Waals surface area contributed by atoms with Crippen molar-refractivity contribution in [1.82, 2.24) is 15.2 Å². The van der Waals surface area contributed by atoms with Crippen molar-refractivity contribution in [2.75, 3.05) is 40.1 Å². The molecule has 4 fully saturated rings. The Morgan fingerprint density at radius 3 is 2.49 bits per heavy atom. The summed E-state index contributed by atoms with van der Waals surface area (Å²) in [6.07, 6.45) is 2.10. The first-order valence-corrected chi connectivity index (χ1v) is 20.5. The van der Waals surface area contributed by atoms with Crippen LogP contribution in [0.5, 0.6) is 5.75 Å². The number of piperidine rings is 2. The maximum atomic E-state index is 14.0. The smallest absolute Gasteiger partial charge is 0.419 e. The van der Waals surface area contributed by atoms with Crippen LogP contribution in [-0.4, -0.2) is 76.3 Å². The average molecular weight is 833 g/mol. The van der Waals surface area contributed by atoms with Crippen LogP contribution in [0.2, 0.25) is 0 Å². The van der Waals surface area contributed by atoms with Gasteiger partial charge in [-0.25, -0.2) is 4.98 Å². The lowest BCUT2D eigenvalue weighted by Crippen LogP contribution is -2.55. The number of likely N-dealkylation sites (tertiary alicyclic amines) is 1. The average Bonchev–Trinajstić information content (AvgIpc) is 3.44. The molecule has 1 aromatic heterocycles. The second-order valence-corrected chi connectivity index (χ2v) is 16.1. The number of nitrogens with one attached hydrogen (secondary N) is 3. The van der Waals surface area contributed by atoms with E-state index < -0.39 is 34.5 Å². The van der Waals surface area contributed by atoms with Gasteiger partial charge in [0.15, 0.2) is 11.2 Å². The number of pyridine rings is 1. The first-order valence-electron chi connectivity index (χ1n) is 20.0. The van der Waals surface area contributed by atoms with Crippen LogP contribution in [-0.2, 0) is 31.8 Å². The largest absolute Gasteiger partial charge is 0.493 e. The third-order valence-electron chi connectivity index (χ3n) is 12.1. The van der Waals surface area contributed by atoms with Crippen molar-refractivity contribution >= 4 is 59.0 Å². The van der Waals surface area contributed by atoms with Crippen molar-refractivity contribution in [3.8, 4) is 11.8 Å². The number of thiol groups is 1. The number of aromatic nitrogens is 1. The molecule has 2 aromatic carbocycles. The van der Waals surface area contributed by atoms with Crippen molar-refractivity contribution in [3.05, 3.63) is 71.5 Å².